The molecule has 0 saturated heterocycles. The first-order valence-corrected chi connectivity index (χ1v) is 3.72. The van der Waals surface area contributed by atoms with Crippen LogP contribution < -0.4 is 0 Å². The predicted molar refractivity (Wildman–Crippen MR) is 40.9 cm³/mol. The number of hydrogen-bond donors (Lipinski definition) is 0. The molecule has 1 radical (unpaired) electrons. The molecule has 0 atom stereocenters. The molecular weight excluding hydrogens is 222 g/mol. The van der Waals surface area contributed by atoms with Crippen molar-refractivity contribution in [1.29, 1.82) is 0 Å². The van der Waals surface area contributed by atoms with Crippen LogP contribution in [0.2, 0.25) is 0 Å². The van der Waals surface area contributed by atoms with Crippen LogP contribution in [-0.2, 0) is 12.4 Å². The van der Waals surface area contributed by atoms with Gasteiger partial charge in [-0.25, -0.2) is 0 Å². The number of alkyl halides is 6. The lowest BCUT2D eigenvalue weighted by Gasteiger charge is -2.12. The fraction of sp³-hybridized carbons (Fsp3) is 0.222. The van der Waals surface area contributed by atoms with Gasteiger partial charge in [-0.3, -0.25) is 0 Å². The van der Waals surface area contributed by atoms with E-state index in [0.29, 0.717) is 12.1 Å². The zero-order valence-electron chi connectivity index (χ0n) is 7.21. The molecule has 0 N–H and O–H groups in total. The molecule has 6 heteroatoms. The van der Waals surface area contributed by atoms with Crippen molar-refractivity contribution in [3.63, 3.8) is 0 Å². The Morgan fingerprint density at radius 3 is 1.33 bits per heavy atom. The first-order valence-electron chi connectivity index (χ1n) is 3.72. The SMILES string of the molecule is [CH2]c1cc(C(F)(F)F)cc(C(F)(F)F)c1. The molecule has 0 aromatic heterocycles. The summed E-state index contributed by atoms with van der Waals surface area (Å²) in [4.78, 5) is 0. The largest absolute Gasteiger partial charge is 0.416 e. The van der Waals surface area contributed by atoms with Crippen LogP contribution in [0.15, 0.2) is 18.2 Å². The van der Waals surface area contributed by atoms with Crippen LogP contribution in [-0.4, -0.2) is 0 Å². The van der Waals surface area contributed by atoms with E-state index in [1.807, 2.05) is 0 Å². The average Bonchev–Trinajstić information content (AvgIpc) is 1.99. The van der Waals surface area contributed by atoms with E-state index in [0.717, 1.165) is 0 Å². The summed E-state index contributed by atoms with van der Waals surface area (Å²) < 4.78 is 72.8. The van der Waals surface area contributed by atoms with E-state index in [9.17, 15) is 26.3 Å². The Morgan fingerprint density at radius 2 is 1.07 bits per heavy atom. The van der Waals surface area contributed by atoms with Gasteiger partial charge >= 0.3 is 12.4 Å². The van der Waals surface area contributed by atoms with Gasteiger partial charge in [-0.15, -0.1) is 0 Å². The second-order valence-corrected chi connectivity index (χ2v) is 2.91. The molecule has 0 aliphatic heterocycles. The molecule has 1 rings (SSSR count). The minimum atomic E-state index is -4.80. The number of halogens is 6. The van der Waals surface area contributed by atoms with Gasteiger partial charge in [-0.2, -0.15) is 26.3 Å². The topological polar surface area (TPSA) is 0 Å². The van der Waals surface area contributed by atoms with Gasteiger partial charge in [0.1, 0.15) is 0 Å². The van der Waals surface area contributed by atoms with Gasteiger partial charge in [-0.1, -0.05) is 0 Å². The Bertz CT molecular complexity index is 328. The molecule has 0 amide bonds. The van der Waals surface area contributed by atoms with Crippen molar-refractivity contribution in [2.75, 3.05) is 0 Å². The lowest BCUT2D eigenvalue weighted by atomic mass is 10.1. The van der Waals surface area contributed by atoms with Gasteiger partial charge in [0.05, 0.1) is 11.1 Å². The Morgan fingerprint density at radius 1 is 0.733 bits per heavy atom. The van der Waals surface area contributed by atoms with Crippen molar-refractivity contribution in [2.45, 2.75) is 12.4 Å². The van der Waals surface area contributed by atoms with E-state index >= 15 is 0 Å². The number of rotatable bonds is 0. The fourth-order valence-electron chi connectivity index (χ4n) is 1.02. The van der Waals surface area contributed by atoms with Gasteiger partial charge in [0.2, 0.25) is 0 Å². The third-order valence-corrected chi connectivity index (χ3v) is 1.65. The molecule has 0 fully saturated rings. The van der Waals surface area contributed by atoms with Crippen LogP contribution >= 0.6 is 0 Å². The summed E-state index contributed by atoms with van der Waals surface area (Å²) >= 11 is 0. The molecule has 83 valence electrons. The highest BCUT2D eigenvalue weighted by Crippen LogP contribution is 2.35. The van der Waals surface area contributed by atoms with Crippen molar-refractivity contribution in [2.24, 2.45) is 0 Å². The molecular formula is C9H5F6. The van der Waals surface area contributed by atoms with Gasteiger partial charge < -0.3 is 0 Å². The zero-order chi connectivity index (χ0) is 11.9. The van der Waals surface area contributed by atoms with Crippen LogP contribution in [0, 0.1) is 6.92 Å². The summed E-state index contributed by atoms with van der Waals surface area (Å²) in [5, 5.41) is 0. The summed E-state index contributed by atoms with van der Waals surface area (Å²) in [6.45, 7) is 3.07. The molecule has 1 aromatic carbocycles. The number of hydrogen-bond acceptors (Lipinski definition) is 0. The summed E-state index contributed by atoms with van der Waals surface area (Å²) in [5.74, 6) is 0. The molecule has 1 aromatic rings. The maximum atomic E-state index is 12.1. The highest BCUT2D eigenvalue weighted by molar-refractivity contribution is 5.34. The highest BCUT2D eigenvalue weighted by Gasteiger charge is 2.36. The van der Waals surface area contributed by atoms with Gasteiger partial charge in [-0.05, 0) is 30.7 Å². The van der Waals surface area contributed by atoms with Crippen molar-refractivity contribution in [1.82, 2.24) is 0 Å². The van der Waals surface area contributed by atoms with E-state index < -0.39 is 23.5 Å². The molecule has 0 unspecified atom stereocenters. The van der Waals surface area contributed by atoms with E-state index in [1.165, 1.54) is 0 Å². The van der Waals surface area contributed by atoms with Crippen LogP contribution in [0.1, 0.15) is 16.7 Å². The Balaban J connectivity index is 3.30. The third-order valence-electron chi connectivity index (χ3n) is 1.65. The smallest absolute Gasteiger partial charge is 0.166 e. The van der Waals surface area contributed by atoms with Crippen molar-refractivity contribution in [3.8, 4) is 0 Å². The molecule has 0 saturated carbocycles. The normalized spacial score (nSPS) is 13.0. The van der Waals surface area contributed by atoms with Crippen molar-refractivity contribution < 1.29 is 26.3 Å². The minimum Gasteiger partial charge on any atom is -0.166 e. The zero-order valence-corrected chi connectivity index (χ0v) is 7.21. The molecule has 15 heavy (non-hydrogen) atoms. The molecule has 0 aliphatic rings. The lowest BCUT2D eigenvalue weighted by molar-refractivity contribution is -0.143. The van der Waals surface area contributed by atoms with Crippen molar-refractivity contribution >= 4 is 0 Å². The first-order chi connectivity index (χ1) is 6.60. The van der Waals surface area contributed by atoms with E-state index in [-0.39, 0.29) is 11.6 Å². The van der Waals surface area contributed by atoms with Gasteiger partial charge in [0.25, 0.3) is 0 Å². The minimum absolute atomic E-state index is 0.0642. The number of benzene rings is 1. The van der Waals surface area contributed by atoms with Gasteiger partial charge in [0, 0.05) is 0 Å². The monoisotopic (exact) mass is 227 g/mol. The Kier molecular flexibility index (Phi) is 2.71. The van der Waals surface area contributed by atoms with Gasteiger partial charge in [0.15, 0.2) is 0 Å². The van der Waals surface area contributed by atoms with E-state index in [1.54, 1.807) is 0 Å². The quantitative estimate of drug-likeness (QED) is 0.589. The molecule has 0 spiro atoms. The highest BCUT2D eigenvalue weighted by atomic mass is 19.4. The van der Waals surface area contributed by atoms with Crippen LogP contribution in [0.3, 0.4) is 0 Å². The summed E-state index contributed by atoms with van der Waals surface area (Å²) in [7, 11) is 0. The van der Waals surface area contributed by atoms with Crippen LogP contribution in [0.5, 0.6) is 0 Å². The fourth-order valence-corrected chi connectivity index (χ4v) is 1.02. The summed E-state index contributed by atoms with van der Waals surface area (Å²) in [6, 6.07) is 1.19. The summed E-state index contributed by atoms with van der Waals surface area (Å²) in [5.41, 5.74) is -3.01. The molecule has 0 aliphatic carbocycles. The second-order valence-electron chi connectivity index (χ2n) is 2.91. The Hall–Kier alpha value is -1.20. The van der Waals surface area contributed by atoms with E-state index in [2.05, 4.69) is 6.92 Å². The van der Waals surface area contributed by atoms with Crippen LogP contribution in [0.4, 0.5) is 26.3 Å². The maximum Gasteiger partial charge on any atom is 0.416 e. The van der Waals surface area contributed by atoms with Crippen molar-refractivity contribution in [3.05, 3.63) is 41.8 Å². The summed E-state index contributed by atoms with van der Waals surface area (Å²) in [6.07, 6.45) is -9.60. The standard InChI is InChI=1S/C9H5F6/c1-5-2-6(8(10,11)12)4-7(3-5)9(13,14)15/h2-4H,1H2. The lowest BCUT2D eigenvalue weighted by Crippen LogP contribution is -2.11. The third kappa shape index (κ3) is 2.87. The first kappa shape index (κ1) is 11.9. The van der Waals surface area contributed by atoms with E-state index in [4.69, 9.17) is 0 Å². The average molecular weight is 227 g/mol. The second kappa shape index (κ2) is 3.43. The predicted octanol–water partition coefficient (Wildman–Crippen LogP) is 3.91. The molecule has 0 heterocycles. The Labute approximate surface area is 81.5 Å². The molecule has 0 nitrogen and oxygen atoms in total. The molecule has 0 bridgehead atoms. The maximum absolute atomic E-state index is 12.1. The van der Waals surface area contributed by atoms with Crippen LogP contribution in [0.25, 0.3) is 0 Å².